The molecule has 184 valence electrons. The summed E-state index contributed by atoms with van der Waals surface area (Å²) in [5, 5.41) is 3.09. The van der Waals surface area contributed by atoms with Gasteiger partial charge >= 0.3 is 0 Å². The van der Waals surface area contributed by atoms with E-state index in [1.54, 1.807) is 4.90 Å². The number of carbonyl (C=O) groups is 2. The highest BCUT2D eigenvalue weighted by atomic mass is 16.5. The molecule has 2 atom stereocenters. The number of rotatable bonds is 11. The molecule has 0 saturated heterocycles. The quantitative estimate of drug-likeness (QED) is 0.415. The highest BCUT2D eigenvalue weighted by Gasteiger charge is 2.31. The number of nitrogens with one attached hydrogen (secondary N) is 1. The van der Waals surface area contributed by atoms with Crippen LogP contribution in [-0.2, 0) is 22.6 Å². The van der Waals surface area contributed by atoms with Crippen molar-refractivity contribution >= 4 is 11.8 Å². The van der Waals surface area contributed by atoms with E-state index >= 15 is 0 Å². The Morgan fingerprint density at radius 3 is 2.14 bits per heavy atom. The lowest BCUT2D eigenvalue weighted by Gasteiger charge is -2.32. The van der Waals surface area contributed by atoms with E-state index in [-0.39, 0.29) is 24.5 Å². The Bertz CT molecular complexity index is 1100. The van der Waals surface area contributed by atoms with Gasteiger partial charge in [0, 0.05) is 19.0 Å². The van der Waals surface area contributed by atoms with Crippen molar-refractivity contribution in [2.75, 3.05) is 6.61 Å². The van der Waals surface area contributed by atoms with Crippen LogP contribution < -0.4 is 10.1 Å². The lowest BCUT2D eigenvalue weighted by Crippen LogP contribution is -2.53. The topological polar surface area (TPSA) is 58.6 Å². The molecule has 1 N–H and O–H groups in total. The average Bonchev–Trinajstić information content (AvgIpc) is 2.87. The van der Waals surface area contributed by atoms with Gasteiger partial charge in [-0.2, -0.15) is 0 Å². The maximum absolute atomic E-state index is 13.6. The molecule has 35 heavy (non-hydrogen) atoms. The van der Waals surface area contributed by atoms with Crippen LogP contribution in [0.5, 0.6) is 5.75 Å². The van der Waals surface area contributed by atoms with Gasteiger partial charge in [-0.1, -0.05) is 79.7 Å². The Hall–Kier alpha value is -3.60. The molecule has 0 unspecified atom stereocenters. The fourth-order valence-corrected chi connectivity index (χ4v) is 3.88. The van der Waals surface area contributed by atoms with Crippen molar-refractivity contribution in [1.82, 2.24) is 10.2 Å². The number of carbonyl (C=O) groups excluding carboxylic acids is 2. The van der Waals surface area contributed by atoms with Crippen LogP contribution in [-0.4, -0.2) is 35.4 Å². The highest BCUT2D eigenvalue weighted by Crippen LogP contribution is 2.21. The van der Waals surface area contributed by atoms with Gasteiger partial charge in [0.05, 0.1) is 0 Å². The number of ether oxygens (including phenoxy) is 1. The van der Waals surface area contributed by atoms with E-state index < -0.39 is 6.04 Å². The molecular weight excluding hydrogens is 436 g/mol. The van der Waals surface area contributed by atoms with Crippen LogP contribution in [0.15, 0.2) is 78.9 Å². The van der Waals surface area contributed by atoms with E-state index in [4.69, 9.17) is 4.74 Å². The number of aryl methyl sites for hydroxylation is 1. The molecule has 0 heterocycles. The summed E-state index contributed by atoms with van der Waals surface area (Å²) in [7, 11) is 0. The maximum Gasteiger partial charge on any atom is 0.261 e. The van der Waals surface area contributed by atoms with Crippen molar-refractivity contribution in [1.29, 1.82) is 0 Å². The average molecular weight is 473 g/mol. The van der Waals surface area contributed by atoms with Crippen LogP contribution in [0, 0.1) is 13.8 Å². The minimum atomic E-state index is -0.665. The third kappa shape index (κ3) is 7.44. The van der Waals surface area contributed by atoms with Crippen molar-refractivity contribution in [2.24, 2.45) is 0 Å². The smallest absolute Gasteiger partial charge is 0.261 e. The minimum absolute atomic E-state index is 0.0145. The van der Waals surface area contributed by atoms with Gasteiger partial charge in [-0.3, -0.25) is 9.59 Å². The SMILES string of the molecule is CC[C@H](C)NC(=O)[C@@H](Cc1ccccc1)N(Cc1ccccc1)C(=O)COc1cccc(C)c1C. The Balaban J connectivity index is 1.91. The van der Waals surface area contributed by atoms with Crippen LogP contribution >= 0.6 is 0 Å². The van der Waals surface area contributed by atoms with Gasteiger partial charge < -0.3 is 15.0 Å². The third-order valence-electron chi connectivity index (χ3n) is 6.37. The molecule has 5 heteroatoms. The molecule has 0 aromatic heterocycles. The molecule has 0 spiro atoms. The molecule has 0 aliphatic carbocycles. The minimum Gasteiger partial charge on any atom is -0.483 e. The second-order valence-electron chi connectivity index (χ2n) is 9.02. The predicted molar refractivity (Wildman–Crippen MR) is 140 cm³/mol. The summed E-state index contributed by atoms with van der Waals surface area (Å²) in [6.45, 7) is 8.18. The number of nitrogens with zero attached hydrogens (tertiary/aromatic N) is 1. The summed E-state index contributed by atoms with van der Waals surface area (Å²) in [4.78, 5) is 28.8. The third-order valence-corrected chi connectivity index (χ3v) is 6.37. The Labute approximate surface area is 209 Å². The lowest BCUT2D eigenvalue weighted by atomic mass is 10.0. The van der Waals surface area contributed by atoms with Gasteiger partial charge in [-0.15, -0.1) is 0 Å². The molecule has 0 aliphatic rings. The number of hydrogen-bond acceptors (Lipinski definition) is 3. The van der Waals surface area contributed by atoms with E-state index in [9.17, 15) is 9.59 Å². The highest BCUT2D eigenvalue weighted by molar-refractivity contribution is 5.88. The normalized spacial score (nSPS) is 12.5. The Morgan fingerprint density at radius 1 is 0.886 bits per heavy atom. The molecule has 5 nitrogen and oxygen atoms in total. The number of benzene rings is 3. The lowest BCUT2D eigenvalue weighted by molar-refractivity contribution is -0.143. The van der Waals surface area contributed by atoms with Crippen LogP contribution in [0.25, 0.3) is 0 Å². The standard InChI is InChI=1S/C30H36N2O3/c1-5-23(3)31-30(34)27(19-25-14-8-6-9-15-25)32(20-26-16-10-7-11-17-26)29(33)21-35-28-18-12-13-22(2)24(28)4/h6-18,23,27H,5,19-21H2,1-4H3,(H,31,34)/t23-,27+/m0/s1. The van der Waals surface area contributed by atoms with E-state index in [0.717, 1.165) is 28.7 Å². The van der Waals surface area contributed by atoms with Crippen LogP contribution in [0.3, 0.4) is 0 Å². The van der Waals surface area contributed by atoms with Crippen molar-refractivity contribution in [3.63, 3.8) is 0 Å². The zero-order chi connectivity index (χ0) is 25.2. The van der Waals surface area contributed by atoms with Gasteiger partial charge in [-0.05, 0) is 55.5 Å². The van der Waals surface area contributed by atoms with Gasteiger partial charge in [0.15, 0.2) is 6.61 Å². The molecule has 3 rings (SSSR count). The van der Waals surface area contributed by atoms with E-state index in [1.165, 1.54) is 0 Å². The Kier molecular flexibility index (Phi) is 9.47. The second kappa shape index (κ2) is 12.7. The fourth-order valence-electron chi connectivity index (χ4n) is 3.88. The largest absolute Gasteiger partial charge is 0.483 e. The van der Waals surface area contributed by atoms with Gasteiger partial charge in [-0.25, -0.2) is 0 Å². The summed E-state index contributed by atoms with van der Waals surface area (Å²) in [5.74, 6) is 0.302. The molecule has 3 aromatic carbocycles. The molecule has 2 amide bonds. The summed E-state index contributed by atoms with van der Waals surface area (Å²) in [5.41, 5.74) is 4.07. The first-order valence-corrected chi connectivity index (χ1v) is 12.3. The molecule has 0 saturated carbocycles. The first kappa shape index (κ1) is 26.0. The monoisotopic (exact) mass is 472 g/mol. The summed E-state index contributed by atoms with van der Waals surface area (Å²) < 4.78 is 5.96. The molecular formula is C30H36N2O3. The Morgan fingerprint density at radius 2 is 1.51 bits per heavy atom. The van der Waals surface area contributed by atoms with Crippen molar-refractivity contribution in [3.05, 3.63) is 101 Å². The van der Waals surface area contributed by atoms with Crippen LogP contribution in [0.2, 0.25) is 0 Å². The van der Waals surface area contributed by atoms with E-state index in [2.05, 4.69) is 5.32 Å². The van der Waals surface area contributed by atoms with Crippen LogP contribution in [0.1, 0.15) is 42.5 Å². The molecule has 0 bridgehead atoms. The van der Waals surface area contributed by atoms with E-state index in [1.807, 2.05) is 107 Å². The first-order chi connectivity index (χ1) is 16.9. The van der Waals surface area contributed by atoms with Gasteiger partial charge in [0.2, 0.25) is 5.91 Å². The zero-order valence-corrected chi connectivity index (χ0v) is 21.2. The summed E-state index contributed by atoms with van der Waals surface area (Å²) >= 11 is 0. The molecule has 0 aliphatic heterocycles. The summed E-state index contributed by atoms with van der Waals surface area (Å²) in [6.07, 6.45) is 1.23. The molecule has 0 radical (unpaired) electrons. The maximum atomic E-state index is 13.6. The molecule has 3 aromatic rings. The van der Waals surface area contributed by atoms with Crippen molar-refractivity contribution in [3.8, 4) is 5.75 Å². The van der Waals surface area contributed by atoms with Gasteiger partial charge in [0.1, 0.15) is 11.8 Å². The number of amides is 2. The number of hydrogen-bond donors (Lipinski definition) is 1. The van der Waals surface area contributed by atoms with Gasteiger partial charge in [0.25, 0.3) is 5.91 Å². The second-order valence-corrected chi connectivity index (χ2v) is 9.02. The summed E-state index contributed by atoms with van der Waals surface area (Å²) in [6, 6.07) is 24.7. The predicted octanol–water partition coefficient (Wildman–Crippen LogP) is 5.24. The fraction of sp³-hybridized carbons (Fsp3) is 0.333. The molecule has 0 fully saturated rings. The van der Waals surface area contributed by atoms with Crippen molar-refractivity contribution < 1.29 is 14.3 Å². The zero-order valence-electron chi connectivity index (χ0n) is 21.2. The van der Waals surface area contributed by atoms with E-state index in [0.29, 0.717) is 18.7 Å². The first-order valence-electron chi connectivity index (χ1n) is 12.3. The van der Waals surface area contributed by atoms with Crippen molar-refractivity contribution in [2.45, 2.75) is 59.2 Å². The van der Waals surface area contributed by atoms with Crippen LogP contribution in [0.4, 0.5) is 0 Å².